The standard InChI is InChI=1S/C19H21N5O2S/c1-26-16-8-6-14(7-9-16)12-18(25)23-10-2-4-15(23)13-24-21-19(20-22-24)17-5-3-11-27-17/h3,5-9,11,15H,2,4,10,12-13H2,1H3/t15-/m1/s1. The van der Waals surface area contributed by atoms with Crippen LogP contribution in [-0.2, 0) is 17.8 Å². The number of tetrazole rings is 1. The Balaban J connectivity index is 1.40. The number of thiophene rings is 1. The molecule has 0 aliphatic carbocycles. The van der Waals surface area contributed by atoms with Crippen LogP contribution in [0.2, 0.25) is 0 Å². The second-order valence-corrected chi connectivity index (χ2v) is 7.50. The summed E-state index contributed by atoms with van der Waals surface area (Å²) < 4.78 is 5.17. The molecule has 0 saturated carbocycles. The van der Waals surface area contributed by atoms with Gasteiger partial charge in [0, 0.05) is 6.54 Å². The minimum atomic E-state index is 0.112. The molecule has 0 radical (unpaired) electrons. The third kappa shape index (κ3) is 4.00. The van der Waals surface area contributed by atoms with Crippen molar-refractivity contribution >= 4 is 17.2 Å². The first kappa shape index (κ1) is 17.7. The van der Waals surface area contributed by atoms with Gasteiger partial charge in [-0.1, -0.05) is 18.2 Å². The van der Waals surface area contributed by atoms with Crippen LogP contribution in [0, 0.1) is 0 Å². The van der Waals surface area contributed by atoms with Gasteiger partial charge in [-0.15, -0.1) is 21.5 Å². The number of methoxy groups -OCH3 is 1. The quantitative estimate of drug-likeness (QED) is 0.654. The van der Waals surface area contributed by atoms with Crippen molar-refractivity contribution in [3.63, 3.8) is 0 Å². The number of hydrogen-bond acceptors (Lipinski definition) is 6. The fourth-order valence-electron chi connectivity index (χ4n) is 3.39. The van der Waals surface area contributed by atoms with E-state index in [0.717, 1.165) is 35.6 Å². The molecule has 7 nitrogen and oxygen atoms in total. The van der Waals surface area contributed by atoms with Crippen molar-refractivity contribution in [2.24, 2.45) is 0 Å². The molecule has 1 atom stereocenters. The Kier molecular flexibility index (Phi) is 5.15. The highest BCUT2D eigenvalue weighted by Gasteiger charge is 2.29. The molecule has 3 aromatic rings. The second kappa shape index (κ2) is 7.87. The summed E-state index contributed by atoms with van der Waals surface area (Å²) in [6.07, 6.45) is 2.36. The number of carbonyl (C=O) groups excluding carboxylic acids is 1. The van der Waals surface area contributed by atoms with E-state index < -0.39 is 0 Å². The summed E-state index contributed by atoms with van der Waals surface area (Å²) in [4.78, 5) is 17.4. The number of likely N-dealkylation sites (tertiary alicyclic amines) is 1. The predicted octanol–water partition coefficient (Wildman–Crippen LogP) is 2.64. The van der Waals surface area contributed by atoms with Crippen molar-refractivity contribution in [2.45, 2.75) is 31.8 Å². The maximum absolute atomic E-state index is 12.8. The molecule has 0 N–H and O–H groups in total. The van der Waals surface area contributed by atoms with Gasteiger partial charge in [0.1, 0.15) is 5.75 Å². The van der Waals surface area contributed by atoms with Gasteiger partial charge in [0.2, 0.25) is 11.7 Å². The molecule has 3 heterocycles. The van der Waals surface area contributed by atoms with E-state index in [-0.39, 0.29) is 11.9 Å². The highest BCUT2D eigenvalue weighted by Crippen LogP contribution is 2.22. The summed E-state index contributed by atoms with van der Waals surface area (Å²) in [6.45, 7) is 1.36. The van der Waals surface area contributed by atoms with Crippen LogP contribution in [-0.4, -0.2) is 50.7 Å². The first-order valence-electron chi connectivity index (χ1n) is 8.97. The van der Waals surface area contributed by atoms with Crippen LogP contribution in [0.5, 0.6) is 5.75 Å². The van der Waals surface area contributed by atoms with Crippen LogP contribution in [0.3, 0.4) is 0 Å². The molecule has 4 rings (SSSR count). The molecule has 1 fully saturated rings. The lowest BCUT2D eigenvalue weighted by Gasteiger charge is -2.24. The number of ether oxygens (including phenoxy) is 1. The molecule has 8 heteroatoms. The fraction of sp³-hybridized carbons (Fsp3) is 0.368. The Labute approximate surface area is 161 Å². The van der Waals surface area contributed by atoms with Gasteiger partial charge in [-0.05, 0) is 47.2 Å². The Morgan fingerprint density at radius 2 is 2.15 bits per heavy atom. The third-order valence-corrected chi connectivity index (χ3v) is 5.65. The largest absolute Gasteiger partial charge is 0.497 e. The SMILES string of the molecule is COc1ccc(CC(=O)N2CCC[C@@H]2Cn2nnc(-c3cccs3)n2)cc1. The van der Waals surface area contributed by atoms with Gasteiger partial charge in [-0.25, -0.2) is 0 Å². The summed E-state index contributed by atoms with van der Waals surface area (Å²) in [7, 11) is 1.64. The highest BCUT2D eigenvalue weighted by molar-refractivity contribution is 7.13. The van der Waals surface area contributed by atoms with Gasteiger partial charge in [0.25, 0.3) is 0 Å². The van der Waals surface area contributed by atoms with Crippen LogP contribution in [0.15, 0.2) is 41.8 Å². The van der Waals surface area contributed by atoms with Crippen LogP contribution in [0.25, 0.3) is 10.7 Å². The molecular formula is C19H21N5O2S. The molecule has 1 aromatic carbocycles. The van der Waals surface area contributed by atoms with Gasteiger partial charge in [-0.2, -0.15) is 4.80 Å². The van der Waals surface area contributed by atoms with Gasteiger partial charge in [0.05, 0.1) is 31.0 Å². The zero-order valence-electron chi connectivity index (χ0n) is 15.1. The minimum absolute atomic E-state index is 0.112. The maximum Gasteiger partial charge on any atom is 0.227 e. The number of rotatable bonds is 6. The van der Waals surface area contributed by atoms with Crippen LogP contribution >= 0.6 is 11.3 Å². The zero-order valence-corrected chi connectivity index (χ0v) is 15.9. The summed E-state index contributed by atoms with van der Waals surface area (Å²) in [5, 5.41) is 14.8. The van der Waals surface area contributed by atoms with Crippen molar-refractivity contribution < 1.29 is 9.53 Å². The van der Waals surface area contributed by atoms with Crippen LogP contribution in [0.1, 0.15) is 18.4 Å². The topological polar surface area (TPSA) is 73.1 Å². The van der Waals surface area contributed by atoms with Gasteiger partial charge < -0.3 is 9.64 Å². The normalized spacial score (nSPS) is 16.6. The predicted molar refractivity (Wildman–Crippen MR) is 103 cm³/mol. The van der Waals surface area contributed by atoms with E-state index in [1.165, 1.54) is 0 Å². The van der Waals surface area contributed by atoms with E-state index in [4.69, 9.17) is 4.74 Å². The van der Waals surface area contributed by atoms with Crippen LogP contribution in [0.4, 0.5) is 0 Å². The number of nitrogens with zero attached hydrogens (tertiary/aromatic N) is 5. The first-order valence-corrected chi connectivity index (χ1v) is 9.85. The Morgan fingerprint density at radius 1 is 1.30 bits per heavy atom. The number of hydrogen-bond donors (Lipinski definition) is 0. The summed E-state index contributed by atoms with van der Waals surface area (Å²) in [6, 6.07) is 11.7. The van der Waals surface area contributed by atoms with E-state index in [0.29, 0.717) is 18.8 Å². The van der Waals surface area contributed by atoms with Gasteiger partial charge in [-0.3, -0.25) is 4.79 Å². The molecule has 1 saturated heterocycles. The molecule has 2 aromatic heterocycles. The van der Waals surface area contributed by atoms with E-state index >= 15 is 0 Å². The second-order valence-electron chi connectivity index (χ2n) is 6.55. The Morgan fingerprint density at radius 3 is 2.89 bits per heavy atom. The number of aromatic nitrogens is 4. The average molecular weight is 383 g/mol. The summed E-state index contributed by atoms with van der Waals surface area (Å²) in [5.41, 5.74) is 0.991. The van der Waals surface area contributed by atoms with Crippen molar-refractivity contribution in [1.82, 2.24) is 25.1 Å². The monoisotopic (exact) mass is 383 g/mol. The van der Waals surface area contributed by atoms with Gasteiger partial charge in [0.15, 0.2) is 0 Å². The van der Waals surface area contributed by atoms with E-state index in [2.05, 4.69) is 15.4 Å². The fourth-order valence-corrected chi connectivity index (χ4v) is 4.03. The third-order valence-electron chi connectivity index (χ3n) is 4.78. The maximum atomic E-state index is 12.8. The van der Waals surface area contributed by atoms with Crippen molar-refractivity contribution in [2.75, 3.05) is 13.7 Å². The first-order chi connectivity index (χ1) is 13.2. The van der Waals surface area contributed by atoms with Crippen molar-refractivity contribution in [3.05, 3.63) is 47.3 Å². The lowest BCUT2D eigenvalue weighted by Crippen LogP contribution is -2.39. The lowest BCUT2D eigenvalue weighted by molar-refractivity contribution is -0.131. The van der Waals surface area contributed by atoms with Gasteiger partial charge >= 0.3 is 0 Å². The molecule has 0 spiro atoms. The molecule has 1 aliphatic rings. The minimum Gasteiger partial charge on any atom is -0.497 e. The molecule has 1 aliphatic heterocycles. The number of carbonyl (C=O) groups is 1. The molecule has 0 unspecified atom stereocenters. The Bertz CT molecular complexity index is 891. The highest BCUT2D eigenvalue weighted by atomic mass is 32.1. The molecule has 140 valence electrons. The zero-order chi connectivity index (χ0) is 18.6. The molecular weight excluding hydrogens is 362 g/mol. The molecule has 1 amide bonds. The van der Waals surface area contributed by atoms with Crippen molar-refractivity contribution in [1.29, 1.82) is 0 Å². The smallest absolute Gasteiger partial charge is 0.227 e. The average Bonchev–Trinajstić information content (AvgIpc) is 3.44. The summed E-state index contributed by atoms with van der Waals surface area (Å²) >= 11 is 1.59. The molecule has 27 heavy (non-hydrogen) atoms. The Hall–Kier alpha value is -2.74. The number of benzene rings is 1. The molecule has 0 bridgehead atoms. The van der Waals surface area contributed by atoms with E-state index in [1.54, 1.807) is 23.2 Å². The van der Waals surface area contributed by atoms with E-state index in [1.807, 2.05) is 46.7 Å². The lowest BCUT2D eigenvalue weighted by atomic mass is 10.1. The number of amides is 1. The van der Waals surface area contributed by atoms with Crippen molar-refractivity contribution in [3.8, 4) is 16.5 Å². The van der Waals surface area contributed by atoms with Crippen LogP contribution < -0.4 is 4.74 Å². The van der Waals surface area contributed by atoms with E-state index in [9.17, 15) is 4.79 Å². The summed E-state index contributed by atoms with van der Waals surface area (Å²) in [5.74, 6) is 1.57.